The fraction of sp³-hybridized carbons (Fsp3) is 0.500. The third-order valence-electron chi connectivity index (χ3n) is 3.13. The molecule has 3 heteroatoms. The van der Waals surface area contributed by atoms with Crippen LogP contribution in [0.3, 0.4) is 0 Å². The minimum Gasteiger partial charge on any atom is -0.508 e. The lowest BCUT2D eigenvalue weighted by molar-refractivity contribution is 0.475. The minimum absolute atomic E-state index is 0.116. The predicted molar refractivity (Wildman–Crippen MR) is 62.1 cm³/mol. The van der Waals surface area contributed by atoms with Crippen LogP contribution >= 0.6 is 0 Å². The van der Waals surface area contributed by atoms with Crippen LogP contribution in [-0.4, -0.2) is 24.2 Å². The standard InChI is InChI=1S/C12H18N2O/c1-14(9-8-12(13)6-7-12)10-2-4-11(15)5-3-10/h2-5,15H,6-9,13H2,1H3. The van der Waals surface area contributed by atoms with E-state index in [0.717, 1.165) is 31.5 Å². The van der Waals surface area contributed by atoms with Gasteiger partial charge in [-0.25, -0.2) is 0 Å². The van der Waals surface area contributed by atoms with E-state index in [-0.39, 0.29) is 5.54 Å². The first kappa shape index (κ1) is 10.3. The van der Waals surface area contributed by atoms with Crippen molar-refractivity contribution in [3.63, 3.8) is 0 Å². The van der Waals surface area contributed by atoms with E-state index in [1.54, 1.807) is 12.1 Å². The highest BCUT2D eigenvalue weighted by atomic mass is 16.3. The van der Waals surface area contributed by atoms with Crippen molar-refractivity contribution in [1.29, 1.82) is 0 Å². The van der Waals surface area contributed by atoms with Crippen molar-refractivity contribution in [2.45, 2.75) is 24.8 Å². The molecule has 0 atom stereocenters. The van der Waals surface area contributed by atoms with E-state index in [4.69, 9.17) is 10.8 Å². The molecule has 2 rings (SSSR count). The van der Waals surface area contributed by atoms with Crippen LogP contribution in [0.4, 0.5) is 5.69 Å². The number of rotatable bonds is 4. The van der Waals surface area contributed by atoms with Gasteiger partial charge in [0.2, 0.25) is 0 Å². The molecule has 0 radical (unpaired) electrons. The summed E-state index contributed by atoms with van der Waals surface area (Å²) in [5, 5.41) is 9.17. The number of phenols is 1. The molecule has 1 aromatic carbocycles. The Morgan fingerprint density at radius 2 is 1.93 bits per heavy atom. The smallest absolute Gasteiger partial charge is 0.115 e. The number of aromatic hydroxyl groups is 1. The van der Waals surface area contributed by atoms with Gasteiger partial charge in [0, 0.05) is 24.8 Å². The molecule has 0 unspecified atom stereocenters. The quantitative estimate of drug-likeness (QED) is 0.788. The Morgan fingerprint density at radius 3 is 2.47 bits per heavy atom. The molecule has 0 aliphatic heterocycles. The van der Waals surface area contributed by atoms with Gasteiger partial charge in [0.15, 0.2) is 0 Å². The second-order valence-electron chi connectivity index (χ2n) is 4.55. The molecule has 1 aromatic rings. The summed E-state index contributed by atoms with van der Waals surface area (Å²) in [5.74, 6) is 0.310. The Labute approximate surface area is 90.5 Å². The lowest BCUT2D eigenvalue weighted by atomic mass is 10.2. The largest absolute Gasteiger partial charge is 0.508 e. The van der Waals surface area contributed by atoms with Crippen LogP contribution in [0.5, 0.6) is 5.75 Å². The van der Waals surface area contributed by atoms with Crippen LogP contribution in [0.25, 0.3) is 0 Å². The molecule has 1 aliphatic rings. The summed E-state index contributed by atoms with van der Waals surface area (Å²) >= 11 is 0. The molecule has 0 spiro atoms. The average molecular weight is 206 g/mol. The van der Waals surface area contributed by atoms with Gasteiger partial charge in [0.1, 0.15) is 5.75 Å². The summed E-state index contributed by atoms with van der Waals surface area (Å²) in [7, 11) is 2.05. The number of hydrogen-bond donors (Lipinski definition) is 2. The van der Waals surface area contributed by atoms with Gasteiger partial charge in [0.25, 0.3) is 0 Å². The van der Waals surface area contributed by atoms with E-state index >= 15 is 0 Å². The van der Waals surface area contributed by atoms with Crippen LogP contribution in [0.2, 0.25) is 0 Å². The van der Waals surface area contributed by atoms with Gasteiger partial charge in [-0.05, 0) is 43.5 Å². The van der Waals surface area contributed by atoms with Crippen molar-refractivity contribution in [3.8, 4) is 5.75 Å². The van der Waals surface area contributed by atoms with Crippen LogP contribution < -0.4 is 10.6 Å². The Morgan fingerprint density at radius 1 is 1.33 bits per heavy atom. The first-order chi connectivity index (χ1) is 7.09. The maximum absolute atomic E-state index is 9.17. The number of hydrogen-bond acceptors (Lipinski definition) is 3. The Bertz CT molecular complexity index is 330. The number of nitrogens with zero attached hydrogens (tertiary/aromatic N) is 1. The monoisotopic (exact) mass is 206 g/mol. The van der Waals surface area contributed by atoms with Gasteiger partial charge < -0.3 is 15.7 Å². The molecular formula is C12H18N2O. The lowest BCUT2D eigenvalue weighted by Gasteiger charge is -2.21. The Balaban J connectivity index is 1.89. The molecule has 82 valence electrons. The molecule has 1 saturated carbocycles. The summed E-state index contributed by atoms with van der Waals surface area (Å²) in [6.45, 7) is 0.973. The van der Waals surface area contributed by atoms with Crippen molar-refractivity contribution in [1.82, 2.24) is 0 Å². The van der Waals surface area contributed by atoms with Crippen molar-refractivity contribution in [2.75, 3.05) is 18.5 Å². The molecule has 1 aliphatic carbocycles. The third-order valence-corrected chi connectivity index (χ3v) is 3.13. The lowest BCUT2D eigenvalue weighted by Crippen LogP contribution is -2.29. The average Bonchev–Trinajstić information content (AvgIpc) is 2.95. The highest BCUT2D eigenvalue weighted by Gasteiger charge is 2.37. The number of phenolic OH excluding ortho intramolecular Hbond substituents is 1. The zero-order valence-corrected chi connectivity index (χ0v) is 9.11. The van der Waals surface area contributed by atoms with Gasteiger partial charge in [0.05, 0.1) is 0 Å². The van der Waals surface area contributed by atoms with Crippen molar-refractivity contribution >= 4 is 5.69 Å². The molecule has 0 amide bonds. The third kappa shape index (κ3) is 2.63. The van der Waals surface area contributed by atoms with Gasteiger partial charge in [-0.2, -0.15) is 0 Å². The van der Waals surface area contributed by atoms with Crippen molar-refractivity contribution in [3.05, 3.63) is 24.3 Å². The predicted octanol–water partition coefficient (Wildman–Crippen LogP) is 1.71. The highest BCUT2D eigenvalue weighted by molar-refractivity contribution is 5.48. The summed E-state index contributed by atoms with van der Waals surface area (Å²) in [5.41, 5.74) is 7.27. The maximum atomic E-state index is 9.17. The van der Waals surface area contributed by atoms with E-state index in [1.807, 2.05) is 12.1 Å². The molecule has 3 N–H and O–H groups in total. The fourth-order valence-corrected chi connectivity index (χ4v) is 1.64. The van der Waals surface area contributed by atoms with E-state index in [9.17, 15) is 0 Å². The molecular weight excluding hydrogens is 188 g/mol. The number of nitrogens with two attached hydrogens (primary N) is 1. The number of anilines is 1. The molecule has 0 saturated heterocycles. The molecule has 3 nitrogen and oxygen atoms in total. The normalized spacial score (nSPS) is 17.5. The first-order valence-corrected chi connectivity index (χ1v) is 5.38. The second kappa shape index (κ2) is 3.74. The van der Waals surface area contributed by atoms with Gasteiger partial charge in [-0.3, -0.25) is 0 Å². The Hall–Kier alpha value is -1.22. The van der Waals surface area contributed by atoms with Gasteiger partial charge in [-0.15, -0.1) is 0 Å². The fourth-order valence-electron chi connectivity index (χ4n) is 1.64. The molecule has 0 heterocycles. The van der Waals surface area contributed by atoms with Crippen LogP contribution in [0, 0.1) is 0 Å². The number of benzene rings is 1. The highest BCUT2D eigenvalue weighted by Crippen LogP contribution is 2.35. The van der Waals surface area contributed by atoms with E-state index in [0.29, 0.717) is 5.75 Å². The first-order valence-electron chi connectivity index (χ1n) is 5.38. The van der Waals surface area contributed by atoms with Crippen LogP contribution in [0.1, 0.15) is 19.3 Å². The van der Waals surface area contributed by atoms with Crippen molar-refractivity contribution in [2.24, 2.45) is 5.73 Å². The summed E-state index contributed by atoms with van der Waals surface area (Å²) < 4.78 is 0. The zero-order chi connectivity index (χ0) is 10.9. The van der Waals surface area contributed by atoms with Crippen molar-refractivity contribution < 1.29 is 5.11 Å². The maximum Gasteiger partial charge on any atom is 0.115 e. The second-order valence-corrected chi connectivity index (χ2v) is 4.55. The molecule has 0 aromatic heterocycles. The van der Waals surface area contributed by atoms with Gasteiger partial charge in [-0.1, -0.05) is 0 Å². The van der Waals surface area contributed by atoms with Crippen LogP contribution in [-0.2, 0) is 0 Å². The molecule has 0 bridgehead atoms. The van der Waals surface area contributed by atoms with Crippen LogP contribution in [0.15, 0.2) is 24.3 Å². The summed E-state index contributed by atoms with van der Waals surface area (Å²) in [4.78, 5) is 2.17. The summed E-state index contributed by atoms with van der Waals surface area (Å²) in [6.07, 6.45) is 3.37. The molecule has 15 heavy (non-hydrogen) atoms. The van der Waals surface area contributed by atoms with E-state index in [1.165, 1.54) is 0 Å². The minimum atomic E-state index is 0.116. The Kier molecular flexibility index (Phi) is 2.57. The SMILES string of the molecule is CN(CCC1(N)CC1)c1ccc(O)cc1. The zero-order valence-electron chi connectivity index (χ0n) is 9.11. The van der Waals surface area contributed by atoms with E-state index < -0.39 is 0 Å². The van der Waals surface area contributed by atoms with E-state index in [2.05, 4.69) is 11.9 Å². The van der Waals surface area contributed by atoms with Gasteiger partial charge >= 0.3 is 0 Å². The topological polar surface area (TPSA) is 49.5 Å². The summed E-state index contributed by atoms with van der Waals surface area (Å²) in [6, 6.07) is 7.26. The molecule has 1 fully saturated rings.